The number of nitrogens with zero attached hydrogens (tertiary/aromatic N) is 3. The first-order chi connectivity index (χ1) is 10.8. The lowest BCUT2D eigenvalue weighted by molar-refractivity contribution is -0.124. The second-order valence-corrected chi connectivity index (χ2v) is 5.96. The second-order valence-electron chi connectivity index (χ2n) is 5.96. The number of hydrogen-bond acceptors (Lipinski definition) is 5. The highest BCUT2D eigenvalue weighted by atomic mass is 16.5. The van der Waals surface area contributed by atoms with E-state index in [-0.39, 0.29) is 18.6 Å². The number of amides is 1. The molecule has 1 amide bonds. The van der Waals surface area contributed by atoms with Gasteiger partial charge in [0.25, 0.3) is 0 Å². The largest absolute Gasteiger partial charge is 0.381 e. The summed E-state index contributed by atoms with van der Waals surface area (Å²) in [5.74, 6) is -0.0765. The number of fused-ring (bicyclic) bond motifs is 1. The minimum absolute atomic E-state index is 0.0765. The third-order valence-electron chi connectivity index (χ3n) is 4.47. The molecule has 22 heavy (non-hydrogen) atoms. The number of ether oxygens (including phenoxy) is 2. The van der Waals surface area contributed by atoms with Crippen molar-refractivity contribution in [1.82, 2.24) is 19.8 Å². The van der Waals surface area contributed by atoms with Crippen LogP contribution in [0.15, 0.2) is 12.5 Å². The Hall–Kier alpha value is -1.44. The molecule has 3 rings (SSSR count). The lowest BCUT2D eigenvalue weighted by Crippen LogP contribution is -2.48. The summed E-state index contributed by atoms with van der Waals surface area (Å²) in [6.45, 7) is 4.25. The van der Waals surface area contributed by atoms with Crippen molar-refractivity contribution in [3.63, 3.8) is 0 Å². The Bertz CT molecular complexity index is 499. The highest BCUT2D eigenvalue weighted by molar-refractivity contribution is 5.77. The molecule has 0 spiro atoms. The number of rotatable bonds is 5. The van der Waals surface area contributed by atoms with Crippen molar-refractivity contribution in [2.75, 3.05) is 40.0 Å². The van der Waals surface area contributed by atoms with E-state index in [0.29, 0.717) is 12.6 Å². The highest BCUT2D eigenvalue weighted by Gasteiger charge is 2.30. The van der Waals surface area contributed by atoms with Gasteiger partial charge in [0, 0.05) is 52.2 Å². The van der Waals surface area contributed by atoms with E-state index in [1.54, 1.807) is 0 Å². The van der Waals surface area contributed by atoms with Gasteiger partial charge < -0.3 is 19.4 Å². The maximum Gasteiger partial charge on any atom is 0.246 e. The smallest absolute Gasteiger partial charge is 0.246 e. The summed E-state index contributed by atoms with van der Waals surface area (Å²) in [5, 5.41) is 2.94. The lowest BCUT2D eigenvalue weighted by Gasteiger charge is -2.40. The Morgan fingerprint density at radius 3 is 3.09 bits per heavy atom. The molecule has 1 aromatic heterocycles. The monoisotopic (exact) mass is 308 g/mol. The van der Waals surface area contributed by atoms with Crippen molar-refractivity contribution in [2.45, 2.75) is 31.5 Å². The zero-order valence-electron chi connectivity index (χ0n) is 13.0. The van der Waals surface area contributed by atoms with Crippen LogP contribution in [0, 0.1) is 0 Å². The van der Waals surface area contributed by atoms with Crippen molar-refractivity contribution >= 4 is 5.91 Å². The number of hydrogen-bond donors (Lipinski definition) is 1. The summed E-state index contributed by atoms with van der Waals surface area (Å²) in [6.07, 6.45) is 5.95. The van der Waals surface area contributed by atoms with Crippen LogP contribution in [0.2, 0.25) is 0 Å². The Kier molecular flexibility index (Phi) is 5.07. The van der Waals surface area contributed by atoms with E-state index in [1.807, 2.05) is 12.5 Å². The van der Waals surface area contributed by atoms with Crippen LogP contribution in [-0.2, 0) is 20.8 Å². The van der Waals surface area contributed by atoms with Crippen LogP contribution in [0.3, 0.4) is 0 Å². The summed E-state index contributed by atoms with van der Waals surface area (Å²) in [7, 11) is 1.53. The molecule has 1 saturated heterocycles. The van der Waals surface area contributed by atoms with Crippen LogP contribution in [-0.4, -0.2) is 66.4 Å². The third-order valence-corrected chi connectivity index (χ3v) is 4.47. The molecule has 0 aliphatic carbocycles. The Balaban J connectivity index is 1.65. The fraction of sp³-hybridized carbons (Fsp3) is 0.733. The molecule has 3 heterocycles. The molecule has 0 saturated carbocycles. The van der Waals surface area contributed by atoms with Crippen molar-refractivity contribution < 1.29 is 14.3 Å². The van der Waals surface area contributed by atoms with Gasteiger partial charge in [0.1, 0.15) is 6.61 Å². The van der Waals surface area contributed by atoms with E-state index in [4.69, 9.17) is 9.47 Å². The van der Waals surface area contributed by atoms with Gasteiger partial charge in [-0.15, -0.1) is 0 Å². The zero-order valence-corrected chi connectivity index (χ0v) is 13.0. The number of imidazole rings is 1. The minimum Gasteiger partial charge on any atom is -0.381 e. The number of carbonyl (C=O) groups excluding carboxylic acids is 1. The van der Waals surface area contributed by atoms with E-state index in [2.05, 4.69) is 19.8 Å². The Labute approximate surface area is 130 Å². The van der Waals surface area contributed by atoms with E-state index in [1.165, 1.54) is 12.8 Å². The number of carbonyl (C=O) groups is 1. The van der Waals surface area contributed by atoms with Crippen molar-refractivity contribution in [3.8, 4) is 0 Å². The molecule has 1 aromatic rings. The van der Waals surface area contributed by atoms with Gasteiger partial charge in [0.05, 0.1) is 18.1 Å². The number of methoxy groups -OCH3 is 1. The van der Waals surface area contributed by atoms with Gasteiger partial charge in [0.2, 0.25) is 5.91 Å². The molecule has 0 bridgehead atoms. The topological polar surface area (TPSA) is 68.6 Å². The molecule has 1 N–H and O–H groups in total. The van der Waals surface area contributed by atoms with E-state index in [0.717, 1.165) is 39.1 Å². The van der Waals surface area contributed by atoms with Gasteiger partial charge in [-0.05, 0) is 12.8 Å². The molecule has 7 heteroatoms. The van der Waals surface area contributed by atoms with Crippen molar-refractivity contribution in [2.24, 2.45) is 0 Å². The van der Waals surface area contributed by atoms with Crippen LogP contribution in [0.1, 0.15) is 24.6 Å². The lowest BCUT2D eigenvalue weighted by atomic mass is 10.0. The molecule has 0 aromatic carbocycles. The molecular formula is C15H24N4O3. The van der Waals surface area contributed by atoms with Crippen LogP contribution in [0.25, 0.3) is 0 Å². The average Bonchev–Trinajstić information content (AvgIpc) is 3.02. The first kappa shape index (κ1) is 15.5. The number of nitrogens with one attached hydrogen (secondary N) is 1. The predicted molar refractivity (Wildman–Crippen MR) is 80.4 cm³/mol. The summed E-state index contributed by atoms with van der Waals surface area (Å²) in [4.78, 5) is 18.4. The van der Waals surface area contributed by atoms with Gasteiger partial charge in [-0.2, -0.15) is 0 Å². The molecule has 1 unspecified atom stereocenters. The normalized spacial score (nSPS) is 23.2. The SMILES string of the molecule is COCC(=O)NCC1CN(C2CCOCC2)Cc2cncn21. The first-order valence-electron chi connectivity index (χ1n) is 7.86. The van der Waals surface area contributed by atoms with Crippen LogP contribution < -0.4 is 5.32 Å². The second kappa shape index (κ2) is 7.21. The van der Waals surface area contributed by atoms with E-state index < -0.39 is 0 Å². The van der Waals surface area contributed by atoms with Gasteiger partial charge in [-0.25, -0.2) is 4.98 Å². The standard InChI is InChI=1S/C15H24N4O3/c1-21-10-15(20)17-7-14-9-18(12-2-4-22-5-3-12)8-13-6-16-11-19(13)14/h6,11-12,14H,2-5,7-10H2,1H3,(H,17,20). The Morgan fingerprint density at radius 1 is 1.50 bits per heavy atom. The fourth-order valence-corrected chi connectivity index (χ4v) is 3.32. The minimum atomic E-state index is -0.0765. The highest BCUT2D eigenvalue weighted by Crippen LogP contribution is 2.25. The summed E-state index contributed by atoms with van der Waals surface area (Å²) in [6, 6.07) is 0.782. The maximum atomic E-state index is 11.6. The molecule has 1 fully saturated rings. The zero-order chi connectivity index (χ0) is 15.4. The maximum absolute atomic E-state index is 11.6. The van der Waals surface area contributed by atoms with Gasteiger partial charge in [0.15, 0.2) is 0 Å². The summed E-state index contributed by atoms with van der Waals surface area (Å²) < 4.78 is 12.5. The third kappa shape index (κ3) is 3.48. The average molecular weight is 308 g/mol. The van der Waals surface area contributed by atoms with Crippen LogP contribution >= 0.6 is 0 Å². The quantitative estimate of drug-likeness (QED) is 0.840. The molecule has 2 aliphatic heterocycles. The molecule has 2 aliphatic rings. The molecular weight excluding hydrogens is 284 g/mol. The molecule has 1 atom stereocenters. The van der Waals surface area contributed by atoms with E-state index in [9.17, 15) is 4.79 Å². The summed E-state index contributed by atoms with van der Waals surface area (Å²) >= 11 is 0. The summed E-state index contributed by atoms with van der Waals surface area (Å²) in [5.41, 5.74) is 1.21. The first-order valence-corrected chi connectivity index (χ1v) is 7.86. The number of aromatic nitrogens is 2. The van der Waals surface area contributed by atoms with Gasteiger partial charge >= 0.3 is 0 Å². The molecule has 7 nitrogen and oxygen atoms in total. The predicted octanol–water partition coefficient (Wildman–Crippen LogP) is 0.181. The molecule has 0 radical (unpaired) electrons. The Morgan fingerprint density at radius 2 is 2.32 bits per heavy atom. The van der Waals surface area contributed by atoms with Crippen molar-refractivity contribution in [3.05, 3.63) is 18.2 Å². The van der Waals surface area contributed by atoms with Crippen LogP contribution in [0.4, 0.5) is 0 Å². The van der Waals surface area contributed by atoms with Crippen molar-refractivity contribution in [1.29, 1.82) is 0 Å². The van der Waals surface area contributed by atoms with E-state index >= 15 is 0 Å². The van der Waals surface area contributed by atoms with Crippen LogP contribution in [0.5, 0.6) is 0 Å². The fourth-order valence-electron chi connectivity index (χ4n) is 3.32. The van der Waals surface area contributed by atoms with Gasteiger partial charge in [-0.3, -0.25) is 9.69 Å². The van der Waals surface area contributed by atoms with Gasteiger partial charge in [-0.1, -0.05) is 0 Å². The molecule has 122 valence electrons.